The highest BCUT2D eigenvalue weighted by molar-refractivity contribution is 5.93. The van der Waals surface area contributed by atoms with Crippen LogP contribution in [0.2, 0.25) is 0 Å². The Bertz CT molecular complexity index is 749. The van der Waals surface area contributed by atoms with Gasteiger partial charge < -0.3 is 14.3 Å². The van der Waals surface area contributed by atoms with Crippen LogP contribution in [0.5, 0.6) is 0 Å². The molecule has 0 unspecified atom stereocenters. The molecule has 0 atom stereocenters. The van der Waals surface area contributed by atoms with Gasteiger partial charge in [-0.05, 0) is 31.7 Å². The third-order valence-corrected chi connectivity index (χ3v) is 4.55. The van der Waals surface area contributed by atoms with Crippen molar-refractivity contribution in [3.63, 3.8) is 0 Å². The summed E-state index contributed by atoms with van der Waals surface area (Å²) >= 11 is 0. The van der Waals surface area contributed by atoms with Gasteiger partial charge in [-0.15, -0.1) is 10.2 Å². The van der Waals surface area contributed by atoms with Crippen LogP contribution in [0.4, 0.5) is 0 Å². The fourth-order valence-electron chi connectivity index (χ4n) is 2.96. The van der Waals surface area contributed by atoms with Crippen LogP contribution in [0.15, 0.2) is 27.5 Å². The van der Waals surface area contributed by atoms with E-state index in [2.05, 4.69) is 15.2 Å². The van der Waals surface area contributed by atoms with E-state index in [1.54, 1.807) is 6.07 Å². The van der Waals surface area contributed by atoms with Crippen molar-refractivity contribution in [3.05, 3.63) is 46.0 Å². The van der Waals surface area contributed by atoms with E-state index in [0.717, 1.165) is 31.6 Å². The first kappa shape index (κ1) is 14.2. The molecule has 2 aromatic heterocycles. The van der Waals surface area contributed by atoms with Crippen molar-refractivity contribution < 1.29 is 9.21 Å². The van der Waals surface area contributed by atoms with Crippen LogP contribution in [0.3, 0.4) is 0 Å². The van der Waals surface area contributed by atoms with Gasteiger partial charge in [0.15, 0.2) is 0 Å². The second-order valence-electron chi connectivity index (χ2n) is 6.26. The summed E-state index contributed by atoms with van der Waals surface area (Å²) in [7, 11) is 0. The molecule has 1 saturated carbocycles. The standard InChI is InChI=1S/C16H18N4O3/c21-13-4-3-12(9-17-13)16(22)20-7-5-11(6-8-20)15-19-18-14(23-15)10-1-2-10/h3-4,9-11H,1-2,5-8H2,(H,17,21). The minimum absolute atomic E-state index is 0.0519. The molecule has 1 N–H and O–H groups in total. The quantitative estimate of drug-likeness (QED) is 0.930. The fourth-order valence-corrected chi connectivity index (χ4v) is 2.96. The number of H-pyrrole nitrogens is 1. The van der Waals surface area contributed by atoms with Gasteiger partial charge in [0.05, 0.1) is 5.56 Å². The number of nitrogens with zero attached hydrogens (tertiary/aromatic N) is 3. The Kier molecular flexibility index (Phi) is 3.48. The van der Waals surface area contributed by atoms with Crippen LogP contribution in [0.25, 0.3) is 0 Å². The van der Waals surface area contributed by atoms with Crippen molar-refractivity contribution in [2.24, 2.45) is 0 Å². The molecule has 2 aliphatic rings. The maximum atomic E-state index is 12.4. The number of likely N-dealkylation sites (tertiary alicyclic amines) is 1. The third-order valence-electron chi connectivity index (χ3n) is 4.55. The number of piperidine rings is 1. The molecular formula is C16H18N4O3. The lowest BCUT2D eigenvalue weighted by molar-refractivity contribution is 0.0705. The van der Waals surface area contributed by atoms with Gasteiger partial charge in [-0.25, -0.2) is 0 Å². The zero-order valence-electron chi connectivity index (χ0n) is 12.7. The molecule has 3 heterocycles. The maximum absolute atomic E-state index is 12.4. The lowest BCUT2D eigenvalue weighted by Gasteiger charge is -2.30. The molecule has 1 aliphatic carbocycles. The number of nitrogens with one attached hydrogen (secondary N) is 1. The number of carbonyl (C=O) groups excluding carboxylic acids is 1. The zero-order valence-corrected chi connectivity index (χ0v) is 12.7. The van der Waals surface area contributed by atoms with Gasteiger partial charge in [0, 0.05) is 37.2 Å². The van der Waals surface area contributed by atoms with E-state index in [9.17, 15) is 9.59 Å². The van der Waals surface area contributed by atoms with Crippen LogP contribution >= 0.6 is 0 Å². The summed E-state index contributed by atoms with van der Waals surface area (Å²) in [5.41, 5.74) is 0.306. The van der Waals surface area contributed by atoms with Crippen molar-refractivity contribution >= 4 is 5.91 Å². The maximum Gasteiger partial charge on any atom is 0.255 e. The first-order valence-corrected chi connectivity index (χ1v) is 8.02. The smallest absolute Gasteiger partial charge is 0.255 e. The summed E-state index contributed by atoms with van der Waals surface area (Å²) in [6, 6.07) is 2.94. The fraction of sp³-hybridized carbons (Fsp3) is 0.500. The van der Waals surface area contributed by atoms with Crippen LogP contribution in [-0.2, 0) is 0 Å². The zero-order chi connectivity index (χ0) is 15.8. The van der Waals surface area contributed by atoms with E-state index in [1.807, 2.05) is 4.90 Å². The molecule has 7 heteroatoms. The van der Waals surface area contributed by atoms with E-state index in [1.165, 1.54) is 12.3 Å². The van der Waals surface area contributed by atoms with Gasteiger partial charge in [0.25, 0.3) is 5.91 Å². The summed E-state index contributed by atoms with van der Waals surface area (Å²) in [6.45, 7) is 1.31. The lowest BCUT2D eigenvalue weighted by atomic mass is 9.96. The lowest BCUT2D eigenvalue weighted by Crippen LogP contribution is -2.38. The van der Waals surface area contributed by atoms with Gasteiger partial charge in [0.2, 0.25) is 17.3 Å². The molecule has 23 heavy (non-hydrogen) atoms. The number of pyridine rings is 1. The number of hydrogen-bond donors (Lipinski definition) is 1. The predicted molar refractivity (Wildman–Crippen MR) is 81.2 cm³/mol. The Morgan fingerprint density at radius 3 is 2.30 bits per heavy atom. The minimum Gasteiger partial charge on any atom is -0.425 e. The van der Waals surface area contributed by atoms with Crippen LogP contribution in [0, 0.1) is 0 Å². The average molecular weight is 314 g/mol. The molecule has 0 radical (unpaired) electrons. The van der Waals surface area contributed by atoms with Gasteiger partial charge in [0.1, 0.15) is 0 Å². The number of aromatic nitrogens is 3. The first-order chi connectivity index (χ1) is 11.2. The number of amides is 1. The van der Waals surface area contributed by atoms with E-state index >= 15 is 0 Å². The normalized spacial score (nSPS) is 19.0. The van der Waals surface area contributed by atoms with E-state index < -0.39 is 0 Å². The monoisotopic (exact) mass is 314 g/mol. The molecule has 0 bridgehead atoms. The Balaban J connectivity index is 1.39. The average Bonchev–Trinajstić information content (AvgIpc) is 3.32. The SMILES string of the molecule is O=C(c1ccc(=O)[nH]c1)N1CCC(c2nnc(C3CC3)o2)CC1. The highest BCUT2D eigenvalue weighted by Gasteiger charge is 2.32. The number of rotatable bonds is 3. The summed E-state index contributed by atoms with van der Waals surface area (Å²) in [5.74, 6) is 2.13. The Labute approximate surface area is 132 Å². The first-order valence-electron chi connectivity index (χ1n) is 8.02. The molecule has 2 aromatic rings. The molecule has 4 rings (SSSR count). The summed E-state index contributed by atoms with van der Waals surface area (Å²) in [4.78, 5) is 27.8. The highest BCUT2D eigenvalue weighted by atomic mass is 16.4. The Morgan fingerprint density at radius 2 is 1.74 bits per heavy atom. The Morgan fingerprint density at radius 1 is 1.09 bits per heavy atom. The summed E-state index contributed by atoms with van der Waals surface area (Å²) in [5, 5.41) is 8.31. The van der Waals surface area contributed by atoms with E-state index in [-0.39, 0.29) is 17.4 Å². The molecule has 7 nitrogen and oxygen atoms in total. The van der Waals surface area contributed by atoms with Crippen molar-refractivity contribution in [2.75, 3.05) is 13.1 Å². The minimum atomic E-state index is -0.205. The van der Waals surface area contributed by atoms with Crippen LogP contribution in [0.1, 0.15) is 59.7 Å². The highest BCUT2D eigenvalue weighted by Crippen LogP contribution is 2.40. The van der Waals surface area contributed by atoms with Crippen LogP contribution in [-0.4, -0.2) is 39.1 Å². The van der Waals surface area contributed by atoms with Gasteiger partial charge >= 0.3 is 0 Å². The molecule has 0 aromatic carbocycles. The van der Waals surface area contributed by atoms with Crippen molar-refractivity contribution in [3.8, 4) is 0 Å². The van der Waals surface area contributed by atoms with Crippen molar-refractivity contribution in [1.29, 1.82) is 0 Å². The Hall–Kier alpha value is -2.44. The number of aromatic amines is 1. The molecular weight excluding hydrogens is 296 g/mol. The second kappa shape index (κ2) is 5.64. The van der Waals surface area contributed by atoms with Crippen molar-refractivity contribution in [2.45, 2.75) is 37.5 Å². The van der Waals surface area contributed by atoms with Gasteiger partial charge in [-0.1, -0.05) is 0 Å². The van der Waals surface area contributed by atoms with E-state index in [0.29, 0.717) is 30.5 Å². The molecule has 1 amide bonds. The topological polar surface area (TPSA) is 92.1 Å². The number of carbonyl (C=O) groups is 1. The molecule has 120 valence electrons. The van der Waals surface area contributed by atoms with Crippen molar-refractivity contribution in [1.82, 2.24) is 20.1 Å². The summed E-state index contributed by atoms with van der Waals surface area (Å²) < 4.78 is 5.78. The molecule has 1 saturated heterocycles. The third kappa shape index (κ3) is 2.91. The molecule has 0 spiro atoms. The van der Waals surface area contributed by atoms with Gasteiger partial charge in [-0.2, -0.15) is 0 Å². The van der Waals surface area contributed by atoms with Crippen LogP contribution < -0.4 is 5.56 Å². The molecule has 2 fully saturated rings. The van der Waals surface area contributed by atoms with Gasteiger partial charge in [-0.3, -0.25) is 9.59 Å². The summed E-state index contributed by atoms with van der Waals surface area (Å²) in [6.07, 6.45) is 5.40. The molecule has 1 aliphatic heterocycles. The second-order valence-corrected chi connectivity index (χ2v) is 6.26. The van der Waals surface area contributed by atoms with E-state index in [4.69, 9.17) is 4.42 Å². The predicted octanol–water partition coefficient (Wildman–Crippen LogP) is 1.66. The largest absolute Gasteiger partial charge is 0.425 e. The number of hydrogen-bond acceptors (Lipinski definition) is 5.